The Bertz CT molecular complexity index is 619. The topological polar surface area (TPSA) is 86.6 Å². The third kappa shape index (κ3) is 7.26. The van der Waals surface area contributed by atoms with Crippen molar-refractivity contribution in [1.82, 2.24) is 4.98 Å². The number of nitrogens with one attached hydrogen (secondary N) is 2. The summed E-state index contributed by atoms with van der Waals surface area (Å²) in [6, 6.07) is 8.91. The van der Waals surface area contributed by atoms with Gasteiger partial charge in [-0.1, -0.05) is 29.8 Å². The van der Waals surface area contributed by atoms with Crippen molar-refractivity contribution in [2.45, 2.75) is 26.7 Å². The number of rotatable bonds is 2. The molecule has 0 saturated heterocycles. The van der Waals surface area contributed by atoms with Crippen LogP contribution in [0.3, 0.4) is 0 Å². The zero-order chi connectivity index (χ0) is 18.0. The zero-order valence-electron chi connectivity index (χ0n) is 13.5. The Morgan fingerprint density at radius 1 is 1.13 bits per heavy atom. The van der Waals surface area contributed by atoms with E-state index in [0.29, 0.717) is 5.56 Å². The largest absolute Gasteiger partial charge is 0.384 e. The molecule has 4 N–H and O–H groups in total. The summed E-state index contributed by atoms with van der Waals surface area (Å²) in [5, 5.41) is 12.6. The van der Waals surface area contributed by atoms with Crippen LogP contribution in [0.2, 0.25) is 0 Å². The molecule has 2 aromatic rings. The van der Waals surface area contributed by atoms with Crippen molar-refractivity contribution >= 4 is 12.6 Å². The van der Waals surface area contributed by atoms with E-state index in [9.17, 15) is 8.78 Å². The van der Waals surface area contributed by atoms with Crippen LogP contribution in [-0.2, 0) is 5.92 Å². The van der Waals surface area contributed by atoms with Crippen LogP contribution in [0, 0.1) is 24.7 Å². The second-order valence-electron chi connectivity index (χ2n) is 4.86. The van der Waals surface area contributed by atoms with E-state index in [2.05, 4.69) is 11.7 Å². The van der Waals surface area contributed by atoms with Gasteiger partial charge < -0.3 is 11.1 Å². The summed E-state index contributed by atoms with van der Waals surface area (Å²) in [5.74, 6) is -2.63. The van der Waals surface area contributed by atoms with Gasteiger partial charge in [0.2, 0.25) is 0 Å². The number of aryl methyl sites for hydroxylation is 2. The summed E-state index contributed by atoms with van der Waals surface area (Å²) in [7, 11) is 0. The molecule has 4 nitrogen and oxygen atoms in total. The number of hydrogen-bond acceptors (Lipinski definition) is 3. The van der Waals surface area contributed by atoms with Gasteiger partial charge in [0.25, 0.3) is 5.92 Å². The number of halogens is 2. The lowest BCUT2D eigenvalue weighted by Crippen LogP contribution is -2.10. The van der Waals surface area contributed by atoms with Crippen LogP contribution in [0.15, 0.2) is 42.7 Å². The Hall–Kier alpha value is -2.63. The maximum absolute atomic E-state index is 12.7. The molecular formula is C17H22F2N4. The number of pyridine rings is 1. The van der Waals surface area contributed by atoms with Crippen molar-refractivity contribution < 1.29 is 8.78 Å². The Labute approximate surface area is 135 Å². The number of aromatic nitrogens is 1. The van der Waals surface area contributed by atoms with E-state index in [0.717, 1.165) is 12.5 Å². The molecule has 23 heavy (non-hydrogen) atoms. The molecule has 0 saturated carbocycles. The Kier molecular flexibility index (Phi) is 8.33. The lowest BCUT2D eigenvalue weighted by atomic mass is 10.1. The van der Waals surface area contributed by atoms with Crippen molar-refractivity contribution in [3.05, 3.63) is 65.0 Å². The summed E-state index contributed by atoms with van der Waals surface area (Å²) in [4.78, 5) is 3.73. The predicted molar refractivity (Wildman–Crippen MR) is 90.6 cm³/mol. The molecule has 0 amide bonds. The number of nitrogens with two attached hydrogens (primary N) is 1. The molecule has 2 rings (SSSR count). The average molecular weight is 320 g/mol. The smallest absolute Gasteiger partial charge is 0.270 e. The van der Waals surface area contributed by atoms with E-state index in [1.165, 1.54) is 24.0 Å². The Morgan fingerprint density at radius 3 is 2.00 bits per heavy atom. The van der Waals surface area contributed by atoms with Crippen LogP contribution in [0.5, 0.6) is 0 Å². The normalized spacial score (nSPS) is 9.78. The van der Waals surface area contributed by atoms with E-state index in [4.69, 9.17) is 16.6 Å². The first kappa shape index (κ1) is 20.4. The van der Waals surface area contributed by atoms with Gasteiger partial charge in [0.15, 0.2) is 0 Å². The van der Waals surface area contributed by atoms with Crippen molar-refractivity contribution in [3.63, 3.8) is 0 Å². The SMILES string of the molecule is C=N.Cc1ccc(C(=N)N)cc1.Cc1cnccc1C(C)(F)F. The van der Waals surface area contributed by atoms with Gasteiger partial charge in [0, 0.05) is 30.4 Å². The van der Waals surface area contributed by atoms with E-state index in [-0.39, 0.29) is 11.4 Å². The Morgan fingerprint density at radius 2 is 1.65 bits per heavy atom. The molecule has 0 atom stereocenters. The minimum atomic E-state index is -2.76. The third-order valence-electron chi connectivity index (χ3n) is 2.86. The molecule has 0 bridgehead atoms. The summed E-state index contributed by atoms with van der Waals surface area (Å²) in [6.07, 6.45) is 2.81. The molecule has 1 aromatic heterocycles. The summed E-state index contributed by atoms with van der Waals surface area (Å²) < 4.78 is 25.4. The second-order valence-corrected chi connectivity index (χ2v) is 4.86. The molecule has 0 aliphatic carbocycles. The number of hydrogen-bond donors (Lipinski definition) is 3. The van der Waals surface area contributed by atoms with Gasteiger partial charge in [-0.2, -0.15) is 0 Å². The van der Waals surface area contributed by atoms with E-state index in [1.54, 1.807) is 6.92 Å². The highest BCUT2D eigenvalue weighted by Gasteiger charge is 2.25. The van der Waals surface area contributed by atoms with Crippen LogP contribution in [-0.4, -0.2) is 17.5 Å². The van der Waals surface area contributed by atoms with Crippen molar-refractivity contribution in [2.75, 3.05) is 0 Å². The first-order chi connectivity index (χ1) is 10.7. The first-order valence-corrected chi connectivity index (χ1v) is 6.77. The van der Waals surface area contributed by atoms with Crippen molar-refractivity contribution in [3.8, 4) is 0 Å². The molecule has 1 aromatic carbocycles. The number of nitrogens with zero attached hydrogens (tertiary/aromatic N) is 1. The van der Waals surface area contributed by atoms with Gasteiger partial charge in [-0.3, -0.25) is 10.4 Å². The minimum Gasteiger partial charge on any atom is -0.384 e. The maximum atomic E-state index is 12.7. The van der Waals surface area contributed by atoms with Gasteiger partial charge in [0.05, 0.1) is 0 Å². The molecule has 124 valence electrons. The fourth-order valence-corrected chi connectivity index (χ4v) is 1.70. The van der Waals surface area contributed by atoms with E-state index >= 15 is 0 Å². The van der Waals surface area contributed by atoms with Gasteiger partial charge in [-0.15, -0.1) is 0 Å². The predicted octanol–water partition coefficient (Wildman–Crippen LogP) is 4.05. The first-order valence-electron chi connectivity index (χ1n) is 6.77. The number of amidine groups is 1. The highest BCUT2D eigenvalue weighted by molar-refractivity contribution is 5.94. The lowest BCUT2D eigenvalue weighted by Gasteiger charge is -2.11. The molecule has 0 radical (unpaired) electrons. The fourth-order valence-electron chi connectivity index (χ4n) is 1.70. The lowest BCUT2D eigenvalue weighted by molar-refractivity contribution is 0.0167. The van der Waals surface area contributed by atoms with E-state index in [1.807, 2.05) is 31.2 Å². The fraction of sp³-hybridized carbons (Fsp3) is 0.235. The average Bonchev–Trinajstić information content (AvgIpc) is 2.49. The summed E-state index contributed by atoms with van der Waals surface area (Å²) in [5.41, 5.74) is 7.79. The van der Waals surface area contributed by atoms with Gasteiger partial charge in [-0.05, 0) is 32.2 Å². The molecule has 0 unspecified atom stereocenters. The zero-order valence-corrected chi connectivity index (χ0v) is 13.5. The highest BCUT2D eigenvalue weighted by Crippen LogP contribution is 2.28. The van der Waals surface area contributed by atoms with Crippen LogP contribution in [0.25, 0.3) is 0 Å². The Balaban J connectivity index is 0.000000381. The monoisotopic (exact) mass is 320 g/mol. The standard InChI is InChI=1S/C8H9F2N.C8H10N2.CH3N/c1-6-5-11-4-3-7(6)8(2,9)10;1-6-2-4-7(5-3-6)8(9)10;1-2/h3-5H,1-2H3;2-5H,1H3,(H3,9,10);2H,1H2. The van der Waals surface area contributed by atoms with Crippen molar-refractivity contribution in [1.29, 1.82) is 10.8 Å². The molecule has 6 heteroatoms. The molecule has 1 heterocycles. The molecule has 0 aliphatic rings. The summed E-state index contributed by atoms with van der Waals surface area (Å²) >= 11 is 0. The van der Waals surface area contributed by atoms with Crippen LogP contribution in [0.4, 0.5) is 8.78 Å². The second kappa shape index (κ2) is 9.40. The number of alkyl halides is 2. The van der Waals surface area contributed by atoms with Gasteiger partial charge in [0.1, 0.15) is 5.84 Å². The molecular weight excluding hydrogens is 298 g/mol. The van der Waals surface area contributed by atoms with Gasteiger partial charge >= 0.3 is 0 Å². The van der Waals surface area contributed by atoms with Crippen LogP contribution in [0.1, 0.15) is 29.2 Å². The van der Waals surface area contributed by atoms with E-state index < -0.39 is 5.92 Å². The number of benzene rings is 1. The maximum Gasteiger partial charge on any atom is 0.270 e. The minimum absolute atomic E-state index is 0.0486. The molecule has 0 spiro atoms. The van der Waals surface area contributed by atoms with Gasteiger partial charge in [-0.25, -0.2) is 8.78 Å². The number of nitrogen functional groups attached to an aromatic ring is 1. The molecule has 0 fully saturated rings. The van der Waals surface area contributed by atoms with Crippen molar-refractivity contribution in [2.24, 2.45) is 5.73 Å². The van der Waals surface area contributed by atoms with Crippen LogP contribution < -0.4 is 5.73 Å². The summed E-state index contributed by atoms with van der Waals surface area (Å²) in [6.45, 7) is 7.01. The highest BCUT2D eigenvalue weighted by atomic mass is 19.3. The third-order valence-corrected chi connectivity index (χ3v) is 2.86. The van der Waals surface area contributed by atoms with Crippen LogP contribution >= 0.6 is 0 Å². The molecule has 0 aliphatic heterocycles. The quantitative estimate of drug-likeness (QED) is 0.576.